The van der Waals surface area contributed by atoms with Gasteiger partial charge < -0.3 is 30.3 Å². The molecule has 0 aromatic heterocycles. The average molecular weight is 445 g/mol. The van der Waals surface area contributed by atoms with Crippen LogP contribution in [0.5, 0.6) is 5.75 Å². The van der Waals surface area contributed by atoms with Crippen molar-refractivity contribution < 1.29 is 47.8 Å². The lowest BCUT2D eigenvalue weighted by Crippen LogP contribution is -2.38. The van der Waals surface area contributed by atoms with E-state index in [0.717, 1.165) is 0 Å². The van der Waals surface area contributed by atoms with Gasteiger partial charge in [-0.3, -0.25) is 18.6 Å². The molecule has 0 aliphatic carbocycles. The molecule has 5 N–H and O–H groups in total. The Hall–Kier alpha value is -2.27. The van der Waals surface area contributed by atoms with Gasteiger partial charge in [-0.25, -0.2) is 4.57 Å². The van der Waals surface area contributed by atoms with E-state index in [1.54, 1.807) is 24.3 Å². The molecule has 4 atom stereocenters. The van der Waals surface area contributed by atoms with Gasteiger partial charge in [0.2, 0.25) is 0 Å². The Kier molecular flexibility index (Phi) is 8.97. The number of phenolic OH excluding ortho intramolecular Hbond substituents is 1. The summed E-state index contributed by atoms with van der Waals surface area (Å²) in [6.07, 6.45) is 1.35. The number of aryl methyl sites for hydroxylation is 1. The van der Waals surface area contributed by atoms with Crippen LogP contribution in [-0.4, -0.2) is 65.1 Å². The first-order chi connectivity index (χ1) is 14.2. The van der Waals surface area contributed by atoms with Gasteiger partial charge in [-0.2, -0.15) is 0 Å². The number of para-hydroxylation sites is 1. The number of phosphoric acid groups is 1. The van der Waals surface area contributed by atoms with E-state index in [1.165, 1.54) is 12.1 Å². The van der Waals surface area contributed by atoms with Gasteiger partial charge in [-0.15, -0.1) is 0 Å². The zero-order chi connectivity index (χ0) is 22.1. The number of esters is 1. The number of hydrogen-bond acceptors (Lipinski definition) is 9. The van der Waals surface area contributed by atoms with Crippen LogP contribution in [0.1, 0.15) is 12.0 Å². The van der Waals surface area contributed by atoms with Crippen LogP contribution in [0.15, 0.2) is 36.4 Å². The van der Waals surface area contributed by atoms with Crippen molar-refractivity contribution >= 4 is 19.8 Å². The molecule has 1 aromatic rings. The molecule has 30 heavy (non-hydrogen) atoms. The molecule has 1 aliphatic heterocycles. The molecule has 12 heteroatoms. The number of nitrogens with two attached hydrogens (primary N) is 1. The third-order valence-corrected chi connectivity index (χ3v) is 5.07. The second-order valence-corrected chi connectivity index (χ2v) is 7.80. The maximum absolute atomic E-state index is 12.0. The zero-order valence-electron chi connectivity index (χ0n) is 16.0. The number of benzene rings is 1. The number of aliphatic carboxylic acids is 1. The highest BCUT2D eigenvalue weighted by atomic mass is 31.2. The number of aromatic hydroxyl groups is 1. The minimum absolute atomic E-state index is 0.0142. The van der Waals surface area contributed by atoms with Crippen LogP contribution in [-0.2, 0) is 39.1 Å². The lowest BCUT2D eigenvalue weighted by Gasteiger charge is -2.28. The van der Waals surface area contributed by atoms with Gasteiger partial charge in [0.25, 0.3) is 0 Å². The monoisotopic (exact) mass is 445 g/mol. The van der Waals surface area contributed by atoms with Gasteiger partial charge in [-0.05, 0) is 18.1 Å². The maximum Gasteiger partial charge on any atom is 0.472 e. The number of carbonyl (C=O) groups excluding carboxylic acids is 1. The van der Waals surface area contributed by atoms with E-state index in [4.69, 9.17) is 24.8 Å². The van der Waals surface area contributed by atoms with Crippen LogP contribution in [0.3, 0.4) is 0 Å². The molecule has 0 spiro atoms. The number of phosphoric ester groups is 1. The number of carbonyl (C=O) groups is 2. The number of rotatable bonds is 11. The Labute approximate surface area is 172 Å². The summed E-state index contributed by atoms with van der Waals surface area (Å²) in [7, 11) is -4.64. The number of ether oxygens (including phenoxy) is 2. The SMILES string of the molecule is N[C@@H](COP(=O)(O)O[C@@H]1C=CCO[C@@H]1COC(=O)CCc1ccccc1O)C(=O)O. The van der Waals surface area contributed by atoms with E-state index in [2.05, 4.69) is 4.52 Å². The Morgan fingerprint density at radius 3 is 2.77 bits per heavy atom. The first-order valence-corrected chi connectivity index (χ1v) is 10.5. The first kappa shape index (κ1) is 24.0. The number of carboxylic acids is 1. The van der Waals surface area contributed by atoms with Crippen molar-refractivity contribution in [1.29, 1.82) is 0 Å². The van der Waals surface area contributed by atoms with Crippen molar-refractivity contribution in [2.45, 2.75) is 31.1 Å². The molecule has 2 rings (SSSR count). The number of carboxylic acid groups (broad SMARTS) is 1. The standard InChI is InChI=1S/C18H24NO10P/c19-13(18(22)23)10-28-30(24,25)29-15-6-3-9-26-16(15)11-27-17(21)8-7-12-4-1-2-5-14(12)20/h1-6,13,15-16,20H,7-11,19H2,(H,22,23)(H,24,25)/t13-,15+,16+/m0/s1. The summed E-state index contributed by atoms with van der Waals surface area (Å²) in [5, 5.41) is 18.4. The molecule has 0 fully saturated rings. The predicted molar refractivity (Wildman–Crippen MR) is 103 cm³/mol. The summed E-state index contributed by atoms with van der Waals surface area (Å²) in [6.45, 7) is -0.796. The van der Waals surface area contributed by atoms with E-state index in [9.17, 15) is 24.2 Å². The molecule has 0 radical (unpaired) electrons. The number of hydrogen-bond donors (Lipinski definition) is 4. The van der Waals surface area contributed by atoms with E-state index in [-0.39, 0.29) is 31.8 Å². The molecule has 166 valence electrons. The molecule has 1 unspecified atom stereocenters. The molecule has 1 heterocycles. The minimum atomic E-state index is -4.64. The predicted octanol–water partition coefficient (Wildman–Crippen LogP) is 0.737. The van der Waals surface area contributed by atoms with Crippen molar-refractivity contribution in [2.75, 3.05) is 19.8 Å². The van der Waals surface area contributed by atoms with Crippen LogP contribution < -0.4 is 5.73 Å². The van der Waals surface area contributed by atoms with E-state index >= 15 is 0 Å². The van der Waals surface area contributed by atoms with Gasteiger partial charge in [-0.1, -0.05) is 30.4 Å². The van der Waals surface area contributed by atoms with Crippen LogP contribution >= 0.6 is 7.82 Å². The van der Waals surface area contributed by atoms with Crippen molar-refractivity contribution in [3.63, 3.8) is 0 Å². The molecule has 1 aromatic carbocycles. The Morgan fingerprint density at radius 2 is 2.07 bits per heavy atom. The van der Waals surface area contributed by atoms with Crippen LogP contribution in [0, 0.1) is 0 Å². The van der Waals surface area contributed by atoms with Gasteiger partial charge in [0.1, 0.15) is 30.6 Å². The third-order valence-electron chi connectivity index (χ3n) is 4.09. The molecular formula is C18H24NO10P. The Bertz CT molecular complexity index is 814. The normalized spacial score (nSPS) is 21.5. The molecule has 11 nitrogen and oxygen atoms in total. The van der Waals surface area contributed by atoms with E-state index in [0.29, 0.717) is 5.56 Å². The minimum Gasteiger partial charge on any atom is -0.508 e. The molecular weight excluding hydrogens is 421 g/mol. The van der Waals surface area contributed by atoms with Gasteiger partial charge in [0.05, 0.1) is 13.2 Å². The van der Waals surface area contributed by atoms with E-state index in [1.807, 2.05) is 0 Å². The summed E-state index contributed by atoms with van der Waals surface area (Å²) in [5.74, 6) is -1.86. The second kappa shape index (κ2) is 11.2. The zero-order valence-corrected chi connectivity index (χ0v) is 16.9. The smallest absolute Gasteiger partial charge is 0.472 e. The molecule has 0 saturated carbocycles. The molecule has 0 saturated heterocycles. The van der Waals surface area contributed by atoms with Crippen LogP contribution in [0.4, 0.5) is 0 Å². The van der Waals surface area contributed by atoms with Crippen molar-refractivity contribution in [3.8, 4) is 5.75 Å². The largest absolute Gasteiger partial charge is 0.508 e. The fourth-order valence-electron chi connectivity index (χ4n) is 2.47. The Morgan fingerprint density at radius 1 is 1.33 bits per heavy atom. The summed E-state index contributed by atoms with van der Waals surface area (Å²) in [4.78, 5) is 32.4. The fraction of sp³-hybridized carbons (Fsp3) is 0.444. The van der Waals surface area contributed by atoms with Gasteiger partial charge in [0.15, 0.2) is 0 Å². The first-order valence-electron chi connectivity index (χ1n) is 9.03. The van der Waals surface area contributed by atoms with Gasteiger partial charge in [0, 0.05) is 6.42 Å². The van der Waals surface area contributed by atoms with Crippen molar-refractivity contribution in [2.24, 2.45) is 5.73 Å². The summed E-state index contributed by atoms with van der Waals surface area (Å²) in [5.41, 5.74) is 5.82. The topological polar surface area (TPSA) is 175 Å². The number of phenols is 1. The lowest BCUT2D eigenvalue weighted by atomic mass is 10.1. The molecule has 0 bridgehead atoms. The Balaban J connectivity index is 1.83. The van der Waals surface area contributed by atoms with Crippen LogP contribution in [0.2, 0.25) is 0 Å². The highest BCUT2D eigenvalue weighted by Crippen LogP contribution is 2.45. The second-order valence-electron chi connectivity index (χ2n) is 6.39. The molecule has 1 aliphatic rings. The summed E-state index contributed by atoms with van der Waals surface area (Å²) >= 11 is 0. The maximum atomic E-state index is 12.0. The van der Waals surface area contributed by atoms with Gasteiger partial charge >= 0.3 is 19.8 Å². The van der Waals surface area contributed by atoms with Crippen LogP contribution in [0.25, 0.3) is 0 Å². The van der Waals surface area contributed by atoms with E-state index < -0.39 is 44.6 Å². The highest BCUT2D eigenvalue weighted by molar-refractivity contribution is 7.47. The average Bonchev–Trinajstić information content (AvgIpc) is 2.70. The quantitative estimate of drug-likeness (QED) is 0.215. The third kappa shape index (κ3) is 7.86. The lowest BCUT2D eigenvalue weighted by molar-refractivity contribution is -0.150. The highest BCUT2D eigenvalue weighted by Gasteiger charge is 2.34. The van der Waals surface area contributed by atoms with Crippen molar-refractivity contribution in [3.05, 3.63) is 42.0 Å². The van der Waals surface area contributed by atoms with Crippen molar-refractivity contribution in [1.82, 2.24) is 0 Å². The fourth-order valence-corrected chi connectivity index (χ4v) is 3.39. The molecule has 0 amide bonds. The summed E-state index contributed by atoms with van der Waals surface area (Å²) in [6, 6.07) is 5.13. The summed E-state index contributed by atoms with van der Waals surface area (Å²) < 4.78 is 32.2.